The Hall–Kier alpha value is -1.85. The number of aryl methyl sites for hydroxylation is 1. The van der Waals surface area contributed by atoms with Gasteiger partial charge in [-0.05, 0) is 26.0 Å². The first-order chi connectivity index (χ1) is 10.2. The topological polar surface area (TPSA) is 48.3 Å². The molecule has 1 aliphatic heterocycles. The molecule has 2 heterocycles. The van der Waals surface area contributed by atoms with Crippen LogP contribution in [0.5, 0.6) is 5.75 Å². The monoisotopic (exact) mass is 287 g/mol. The molecule has 1 aromatic heterocycles. The standard InChI is InChI=1S/C16H21N3O2/c1-11-16(15-10-21-8-7-17-15)12(2)19(18-11)13-5-4-6-14(9-13)20-3/h4-6,9,15,17H,7-8,10H2,1-3H3/t15-/m0/s1. The summed E-state index contributed by atoms with van der Waals surface area (Å²) in [4.78, 5) is 0. The molecule has 2 aromatic rings. The summed E-state index contributed by atoms with van der Waals surface area (Å²) in [7, 11) is 1.68. The molecule has 5 heteroatoms. The molecular formula is C16H21N3O2. The summed E-state index contributed by atoms with van der Waals surface area (Å²) in [6.07, 6.45) is 0. The number of ether oxygens (including phenoxy) is 2. The summed E-state index contributed by atoms with van der Waals surface area (Å²) in [5.74, 6) is 0.834. The van der Waals surface area contributed by atoms with Crippen molar-refractivity contribution < 1.29 is 9.47 Å². The van der Waals surface area contributed by atoms with Gasteiger partial charge in [-0.3, -0.25) is 0 Å². The number of benzene rings is 1. The van der Waals surface area contributed by atoms with E-state index < -0.39 is 0 Å². The molecule has 112 valence electrons. The smallest absolute Gasteiger partial charge is 0.121 e. The highest BCUT2D eigenvalue weighted by molar-refractivity contribution is 5.42. The Balaban J connectivity index is 2.00. The van der Waals surface area contributed by atoms with Crippen molar-refractivity contribution in [1.82, 2.24) is 15.1 Å². The molecule has 0 bridgehead atoms. The van der Waals surface area contributed by atoms with E-state index in [1.807, 2.05) is 28.9 Å². The van der Waals surface area contributed by atoms with Gasteiger partial charge in [0.15, 0.2) is 0 Å². The minimum absolute atomic E-state index is 0.220. The lowest BCUT2D eigenvalue weighted by atomic mass is 10.0. The highest BCUT2D eigenvalue weighted by Crippen LogP contribution is 2.26. The van der Waals surface area contributed by atoms with E-state index in [9.17, 15) is 0 Å². The average Bonchev–Trinajstić information content (AvgIpc) is 2.83. The Labute approximate surface area is 124 Å². The Morgan fingerprint density at radius 1 is 1.38 bits per heavy atom. The predicted octanol–water partition coefficient (Wildman–Crippen LogP) is 2.16. The third-order valence-corrected chi connectivity index (χ3v) is 3.92. The number of methoxy groups -OCH3 is 1. The van der Waals surface area contributed by atoms with Gasteiger partial charge >= 0.3 is 0 Å². The second-order valence-corrected chi connectivity index (χ2v) is 5.28. The van der Waals surface area contributed by atoms with E-state index in [0.29, 0.717) is 6.61 Å². The Morgan fingerprint density at radius 3 is 2.95 bits per heavy atom. The summed E-state index contributed by atoms with van der Waals surface area (Å²) in [6.45, 7) is 6.51. The fraction of sp³-hybridized carbons (Fsp3) is 0.438. The van der Waals surface area contributed by atoms with Crippen molar-refractivity contribution >= 4 is 0 Å². The molecule has 1 N–H and O–H groups in total. The number of morpholine rings is 1. The van der Waals surface area contributed by atoms with E-state index in [2.05, 4.69) is 19.2 Å². The maximum Gasteiger partial charge on any atom is 0.121 e. The van der Waals surface area contributed by atoms with Crippen LogP contribution < -0.4 is 10.1 Å². The first-order valence-corrected chi connectivity index (χ1v) is 7.22. The lowest BCUT2D eigenvalue weighted by Gasteiger charge is -2.24. The number of nitrogens with zero attached hydrogens (tertiary/aromatic N) is 2. The van der Waals surface area contributed by atoms with E-state index in [-0.39, 0.29) is 6.04 Å². The lowest BCUT2D eigenvalue weighted by molar-refractivity contribution is 0.0765. The maximum absolute atomic E-state index is 5.58. The molecular weight excluding hydrogens is 266 g/mol. The van der Waals surface area contributed by atoms with Crippen molar-refractivity contribution in [2.75, 3.05) is 26.9 Å². The Kier molecular flexibility index (Phi) is 3.94. The van der Waals surface area contributed by atoms with Crippen LogP contribution in [0.15, 0.2) is 24.3 Å². The first kappa shape index (κ1) is 14.1. The summed E-state index contributed by atoms with van der Waals surface area (Å²) in [5, 5.41) is 8.20. The summed E-state index contributed by atoms with van der Waals surface area (Å²) in [6, 6.07) is 8.17. The predicted molar refractivity (Wildman–Crippen MR) is 81.2 cm³/mol. The molecule has 0 unspecified atom stereocenters. The zero-order valence-electron chi connectivity index (χ0n) is 12.7. The van der Waals surface area contributed by atoms with Gasteiger partial charge in [0.2, 0.25) is 0 Å². The third-order valence-electron chi connectivity index (χ3n) is 3.92. The lowest BCUT2D eigenvalue weighted by Crippen LogP contribution is -2.35. The van der Waals surface area contributed by atoms with Crippen LogP contribution in [0.2, 0.25) is 0 Å². The van der Waals surface area contributed by atoms with Crippen LogP contribution in [0.3, 0.4) is 0 Å². The summed E-state index contributed by atoms with van der Waals surface area (Å²) < 4.78 is 12.9. The largest absolute Gasteiger partial charge is 0.497 e. The molecule has 5 nitrogen and oxygen atoms in total. The molecule has 0 saturated carbocycles. The summed E-state index contributed by atoms with van der Waals surface area (Å²) in [5.41, 5.74) is 4.43. The molecule has 21 heavy (non-hydrogen) atoms. The number of nitrogens with one attached hydrogen (secondary N) is 1. The van der Waals surface area contributed by atoms with Crippen molar-refractivity contribution in [3.8, 4) is 11.4 Å². The Morgan fingerprint density at radius 2 is 2.24 bits per heavy atom. The van der Waals surface area contributed by atoms with Crippen LogP contribution in [-0.4, -0.2) is 36.6 Å². The second-order valence-electron chi connectivity index (χ2n) is 5.28. The third kappa shape index (κ3) is 2.66. The molecule has 1 fully saturated rings. The second kappa shape index (κ2) is 5.87. The highest BCUT2D eigenvalue weighted by Gasteiger charge is 2.23. The van der Waals surface area contributed by atoms with Crippen molar-refractivity contribution in [2.24, 2.45) is 0 Å². The van der Waals surface area contributed by atoms with E-state index in [1.165, 1.54) is 5.56 Å². The molecule has 1 atom stereocenters. The summed E-state index contributed by atoms with van der Waals surface area (Å²) >= 11 is 0. The maximum atomic E-state index is 5.58. The van der Waals surface area contributed by atoms with Gasteiger partial charge in [-0.2, -0.15) is 5.10 Å². The minimum atomic E-state index is 0.220. The zero-order chi connectivity index (χ0) is 14.8. The molecule has 0 amide bonds. The van der Waals surface area contributed by atoms with Gasteiger partial charge in [0.1, 0.15) is 5.75 Å². The normalized spacial score (nSPS) is 18.7. The van der Waals surface area contributed by atoms with Crippen molar-refractivity contribution in [2.45, 2.75) is 19.9 Å². The van der Waals surface area contributed by atoms with E-state index in [4.69, 9.17) is 14.6 Å². The van der Waals surface area contributed by atoms with Gasteiger partial charge < -0.3 is 14.8 Å². The van der Waals surface area contributed by atoms with Crippen molar-refractivity contribution in [3.63, 3.8) is 0 Å². The SMILES string of the molecule is COc1cccc(-n2nc(C)c([C@@H]3COCCN3)c2C)c1. The van der Waals surface area contributed by atoms with E-state index >= 15 is 0 Å². The van der Waals surface area contributed by atoms with Gasteiger partial charge in [0.25, 0.3) is 0 Å². The van der Waals surface area contributed by atoms with Crippen LogP contribution in [0, 0.1) is 13.8 Å². The number of aromatic nitrogens is 2. The van der Waals surface area contributed by atoms with Crippen LogP contribution in [0.4, 0.5) is 0 Å². The minimum Gasteiger partial charge on any atom is -0.497 e. The fourth-order valence-electron chi connectivity index (χ4n) is 2.90. The molecule has 1 aliphatic rings. The highest BCUT2D eigenvalue weighted by atomic mass is 16.5. The van der Waals surface area contributed by atoms with E-state index in [0.717, 1.165) is 36.0 Å². The average molecular weight is 287 g/mol. The van der Waals surface area contributed by atoms with Crippen LogP contribution in [-0.2, 0) is 4.74 Å². The van der Waals surface area contributed by atoms with Crippen LogP contribution in [0.25, 0.3) is 5.69 Å². The van der Waals surface area contributed by atoms with Crippen molar-refractivity contribution in [1.29, 1.82) is 0 Å². The number of rotatable bonds is 3. The van der Waals surface area contributed by atoms with Gasteiger partial charge in [0.05, 0.1) is 37.7 Å². The van der Waals surface area contributed by atoms with Crippen molar-refractivity contribution in [3.05, 3.63) is 41.2 Å². The van der Waals surface area contributed by atoms with Gasteiger partial charge in [0, 0.05) is 23.9 Å². The fourth-order valence-corrected chi connectivity index (χ4v) is 2.90. The van der Waals surface area contributed by atoms with Crippen LogP contribution in [0.1, 0.15) is 23.0 Å². The quantitative estimate of drug-likeness (QED) is 0.940. The van der Waals surface area contributed by atoms with Gasteiger partial charge in [-0.15, -0.1) is 0 Å². The number of hydrogen-bond acceptors (Lipinski definition) is 4. The van der Waals surface area contributed by atoms with Gasteiger partial charge in [-0.1, -0.05) is 6.07 Å². The molecule has 0 spiro atoms. The zero-order valence-corrected chi connectivity index (χ0v) is 12.7. The molecule has 0 radical (unpaired) electrons. The van der Waals surface area contributed by atoms with Gasteiger partial charge in [-0.25, -0.2) is 4.68 Å². The molecule has 0 aliphatic carbocycles. The first-order valence-electron chi connectivity index (χ1n) is 7.22. The molecule has 1 saturated heterocycles. The molecule has 1 aromatic carbocycles. The molecule has 3 rings (SSSR count). The van der Waals surface area contributed by atoms with E-state index in [1.54, 1.807) is 7.11 Å². The van der Waals surface area contributed by atoms with Crippen LogP contribution >= 0.6 is 0 Å². The number of hydrogen-bond donors (Lipinski definition) is 1. The Bertz CT molecular complexity index is 630.